The summed E-state index contributed by atoms with van der Waals surface area (Å²) in [5.74, 6) is -0.0732. The van der Waals surface area contributed by atoms with Crippen molar-refractivity contribution in [3.05, 3.63) is 47.8 Å². The molecule has 0 aromatic heterocycles. The Kier molecular flexibility index (Phi) is 6.33. The molecule has 1 aliphatic rings. The molecule has 2 amide bonds. The Hall–Kier alpha value is -3.13. The Morgan fingerprint density at radius 1 is 1.00 bits per heavy atom. The summed E-state index contributed by atoms with van der Waals surface area (Å²) in [5.41, 5.74) is 1.20. The standard InChI is InChI=1S/C21H23FN2O5/c1-27-17-7-5-14(11-15(17)22)24-20(25)12-16(21(24)26)23-9-8-13-4-6-18(28-2)19(10-13)29-3/h4-7,10-11,16,23H,8-9,12H2,1-3H3. The van der Waals surface area contributed by atoms with Gasteiger partial charge in [0.2, 0.25) is 5.91 Å². The Morgan fingerprint density at radius 2 is 1.69 bits per heavy atom. The molecule has 1 atom stereocenters. The maximum Gasteiger partial charge on any atom is 0.251 e. The lowest BCUT2D eigenvalue weighted by Gasteiger charge is -2.16. The van der Waals surface area contributed by atoms with Crippen molar-refractivity contribution in [2.45, 2.75) is 18.9 Å². The summed E-state index contributed by atoms with van der Waals surface area (Å²) in [5, 5.41) is 3.11. The average Bonchev–Trinajstić information content (AvgIpc) is 3.01. The van der Waals surface area contributed by atoms with Crippen LogP contribution in [0.4, 0.5) is 10.1 Å². The quantitative estimate of drug-likeness (QED) is 0.683. The Bertz CT molecular complexity index is 918. The van der Waals surface area contributed by atoms with Crippen LogP contribution in [0.15, 0.2) is 36.4 Å². The van der Waals surface area contributed by atoms with Gasteiger partial charge in [-0.2, -0.15) is 0 Å². The van der Waals surface area contributed by atoms with E-state index in [0.717, 1.165) is 16.5 Å². The van der Waals surface area contributed by atoms with Crippen LogP contribution < -0.4 is 24.4 Å². The molecule has 8 heteroatoms. The first-order valence-corrected chi connectivity index (χ1v) is 9.13. The van der Waals surface area contributed by atoms with Gasteiger partial charge in [-0.1, -0.05) is 6.07 Å². The first kappa shape index (κ1) is 20.6. The first-order chi connectivity index (χ1) is 14.0. The fourth-order valence-electron chi connectivity index (χ4n) is 3.28. The second kappa shape index (κ2) is 8.91. The third kappa shape index (κ3) is 4.32. The summed E-state index contributed by atoms with van der Waals surface area (Å²) >= 11 is 0. The van der Waals surface area contributed by atoms with Crippen LogP contribution in [0.2, 0.25) is 0 Å². The maximum absolute atomic E-state index is 14.0. The van der Waals surface area contributed by atoms with Crippen molar-refractivity contribution in [2.24, 2.45) is 0 Å². The second-order valence-electron chi connectivity index (χ2n) is 6.54. The number of hydrogen-bond acceptors (Lipinski definition) is 6. The molecule has 1 fully saturated rings. The van der Waals surface area contributed by atoms with Crippen LogP contribution in [0.1, 0.15) is 12.0 Å². The van der Waals surface area contributed by atoms with Gasteiger partial charge in [0.15, 0.2) is 23.1 Å². The van der Waals surface area contributed by atoms with Crippen molar-refractivity contribution in [3.63, 3.8) is 0 Å². The molecular formula is C21H23FN2O5. The number of anilines is 1. The molecule has 0 saturated carbocycles. The van der Waals surface area contributed by atoms with E-state index in [1.165, 1.54) is 19.2 Å². The number of ether oxygens (including phenoxy) is 3. The van der Waals surface area contributed by atoms with Crippen molar-refractivity contribution >= 4 is 17.5 Å². The summed E-state index contributed by atoms with van der Waals surface area (Å²) in [7, 11) is 4.49. The number of rotatable bonds is 8. The van der Waals surface area contributed by atoms with Gasteiger partial charge in [0.05, 0.1) is 39.5 Å². The van der Waals surface area contributed by atoms with Crippen LogP contribution in [0.25, 0.3) is 0 Å². The molecule has 0 bridgehead atoms. The van der Waals surface area contributed by atoms with Crippen LogP contribution >= 0.6 is 0 Å². The smallest absolute Gasteiger partial charge is 0.251 e. The third-order valence-corrected chi connectivity index (χ3v) is 4.79. The van der Waals surface area contributed by atoms with Crippen LogP contribution in [-0.4, -0.2) is 45.7 Å². The molecule has 1 aliphatic heterocycles. The van der Waals surface area contributed by atoms with Gasteiger partial charge in [0, 0.05) is 6.07 Å². The monoisotopic (exact) mass is 402 g/mol. The van der Waals surface area contributed by atoms with E-state index in [9.17, 15) is 14.0 Å². The van der Waals surface area contributed by atoms with Crippen LogP contribution in [0.5, 0.6) is 17.2 Å². The summed E-state index contributed by atoms with van der Waals surface area (Å²) in [6.45, 7) is 0.490. The van der Waals surface area contributed by atoms with E-state index in [0.29, 0.717) is 24.5 Å². The number of nitrogens with zero attached hydrogens (tertiary/aromatic N) is 1. The van der Waals surface area contributed by atoms with Crippen molar-refractivity contribution < 1.29 is 28.2 Å². The highest BCUT2D eigenvalue weighted by Gasteiger charge is 2.39. The summed E-state index contributed by atoms with van der Waals surface area (Å²) in [6, 6.07) is 8.96. The molecule has 1 heterocycles. The maximum atomic E-state index is 14.0. The molecule has 2 aromatic rings. The molecule has 154 valence electrons. The zero-order valence-electron chi connectivity index (χ0n) is 16.5. The molecule has 1 saturated heterocycles. The minimum atomic E-state index is -0.646. The number of benzene rings is 2. The Balaban J connectivity index is 1.62. The minimum Gasteiger partial charge on any atom is -0.494 e. The van der Waals surface area contributed by atoms with Gasteiger partial charge in [-0.25, -0.2) is 9.29 Å². The summed E-state index contributed by atoms with van der Waals surface area (Å²) in [6.07, 6.45) is 0.661. The highest BCUT2D eigenvalue weighted by molar-refractivity contribution is 6.22. The molecule has 1 N–H and O–H groups in total. The third-order valence-electron chi connectivity index (χ3n) is 4.79. The second-order valence-corrected chi connectivity index (χ2v) is 6.54. The van der Waals surface area contributed by atoms with Crippen LogP contribution in [0.3, 0.4) is 0 Å². The Labute approximate surface area is 168 Å². The van der Waals surface area contributed by atoms with E-state index in [4.69, 9.17) is 14.2 Å². The number of hydrogen-bond donors (Lipinski definition) is 1. The van der Waals surface area contributed by atoms with E-state index in [2.05, 4.69) is 5.32 Å². The summed E-state index contributed by atoms with van der Waals surface area (Å²) in [4.78, 5) is 26.0. The van der Waals surface area contributed by atoms with E-state index in [1.54, 1.807) is 14.2 Å². The van der Waals surface area contributed by atoms with Crippen molar-refractivity contribution in [3.8, 4) is 17.2 Å². The molecular weight excluding hydrogens is 379 g/mol. The first-order valence-electron chi connectivity index (χ1n) is 9.13. The van der Waals surface area contributed by atoms with E-state index in [-0.39, 0.29) is 23.8 Å². The van der Waals surface area contributed by atoms with Crippen molar-refractivity contribution in [2.75, 3.05) is 32.8 Å². The van der Waals surface area contributed by atoms with E-state index >= 15 is 0 Å². The summed E-state index contributed by atoms with van der Waals surface area (Å²) < 4.78 is 29.3. The van der Waals surface area contributed by atoms with Gasteiger partial charge < -0.3 is 19.5 Å². The number of halogens is 1. The normalized spacial score (nSPS) is 16.3. The number of carbonyl (C=O) groups excluding carboxylic acids is 2. The fraction of sp³-hybridized carbons (Fsp3) is 0.333. The number of amides is 2. The van der Waals surface area contributed by atoms with Gasteiger partial charge >= 0.3 is 0 Å². The highest BCUT2D eigenvalue weighted by Crippen LogP contribution is 2.29. The van der Waals surface area contributed by atoms with Gasteiger partial charge in [-0.15, -0.1) is 0 Å². The molecule has 7 nitrogen and oxygen atoms in total. The molecule has 29 heavy (non-hydrogen) atoms. The van der Waals surface area contributed by atoms with Gasteiger partial charge in [0.25, 0.3) is 5.91 Å². The van der Waals surface area contributed by atoms with Crippen molar-refractivity contribution in [1.29, 1.82) is 0 Å². The molecule has 2 aromatic carbocycles. The fourth-order valence-corrected chi connectivity index (χ4v) is 3.28. The molecule has 3 rings (SSSR count). The molecule has 0 aliphatic carbocycles. The Morgan fingerprint density at radius 3 is 2.34 bits per heavy atom. The number of carbonyl (C=O) groups is 2. The molecule has 1 unspecified atom stereocenters. The predicted molar refractivity (Wildman–Crippen MR) is 105 cm³/mol. The lowest BCUT2D eigenvalue weighted by Crippen LogP contribution is -2.39. The predicted octanol–water partition coefficient (Wildman–Crippen LogP) is 2.32. The van der Waals surface area contributed by atoms with Crippen molar-refractivity contribution in [1.82, 2.24) is 5.32 Å². The van der Waals surface area contributed by atoms with Crippen LogP contribution in [0, 0.1) is 5.82 Å². The zero-order valence-corrected chi connectivity index (χ0v) is 16.5. The molecule has 0 radical (unpaired) electrons. The lowest BCUT2D eigenvalue weighted by molar-refractivity contribution is -0.121. The lowest BCUT2D eigenvalue weighted by atomic mass is 10.1. The highest BCUT2D eigenvalue weighted by atomic mass is 19.1. The minimum absolute atomic E-state index is 0.0262. The van der Waals surface area contributed by atoms with E-state index in [1.807, 2.05) is 18.2 Å². The molecule has 0 spiro atoms. The number of nitrogens with one attached hydrogen (secondary N) is 1. The average molecular weight is 402 g/mol. The van der Waals surface area contributed by atoms with Gasteiger partial charge in [0.1, 0.15) is 0 Å². The largest absolute Gasteiger partial charge is 0.494 e. The van der Waals surface area contributed by atoms with E-state index < -0.39 is 17.8 Å². The SMILES string of the molecule is COc1ccc(N2C(=O)CC(NCCc3ccc(OC)c(OC)c3)C2=O)cc1F. The zero-order chi connectivity index (χ0) is 21.0. The topological polar surface area (TPSA) is 77.1 Å². The van der Waals surface area contributed by atoms with Crippen LogP contribution in [-0.2, 0) is 16.0 Å². The van der Waals surface area contributed by atoms with Gasteiger partial charge in [-0.3, -0.25) is 9.59 Å². The van der Waals surface area contributed by atoms with Gasteiger partial charge in [-0.05, 0) is 42.8 Å². The number of imide groups is 1. The number of methoxy groups -OCH3 is 3.